The van der Waals surface area contributed by atoms with E-state index < -0.39 is 0 Å². The molecule has 0 amide bonds. The van der Waals surface area contributed by atoms with Crippen LogP contribution in [0.15, 0.2) is 23.6 Å². The monoisotopic (exact) mass is 313 g/mol. The molecule has 114 valence electrons. The van der Waals surface area contributed by atoms with Crippen molar-refractivity contribution in [3.05, 3.63) is 18.5 Å². The number of hydrogen-bond donors (Lipinski definition) is 0. The summed E-state index contributed by atoms with van der Waals surface area (Å²) in [4.78, 5) is 18.3. The van der Waals surface area contributed by atoms with E-state index in [1.54, 1.807) is 12.4 Å². The lowest BCUT2D eigenvalue weighted by molar-refractivity contribution is 0.270. The van der Waals surface area contributed by atoms with Crippen LogP contribution in [0.1, 0.15) is 6.92 Å². The third-order valence-electron chi connectivity index (χ3n) is 3.86. The molecule has 6 heteroatoms. The fourth-order valence-electron chi connectivity index (χ4n) is 2.63. The van der Waals surface area contributed by atoms with Crippen LogP contribution in [-0.2, 0) is 0 Å². The summed E-state index contributed by atoms with van der Waals surface area (Å²) < 4.78 is 0. The second kappa shape index (κ2) is 6.95. The molecule has 5 nitrogen and oxygen atoms in total. The zero-order valence-corrected chi connectivity index (χ0v) is 13.5. The van der Waals surface area contributed by atoms with Gasteiger partial charge in [-0.05, 0) is 12.6 Å². The number of fused-ring (bicyclic) bond motifs is 1. The van der Waals surface area contributed by atoms with Crippen LogP contribution in [0.3, 0.4) is 0 Å². The number of piperazine rings is 1. The number of pyridine rings is 1. The normalized spacial score (nSPS) is 15.9. The molecule has 22 heavy (non-hydrogen) atoms. The fourth-order valence-corrected chi connectivity index (χ4v) is 3.16. The lowest BCUT2D eigenvalue weighted by Gasteiger charge is -2.35. The Morgan fingerprint density at radius 3 is 2.82 bits per heavy atom. The van der Waals surface area contributed by atoms with Crippen molar-refractivity contribution in [2.45, 2.75) is 12.1 Å². The van der Waals surface area contributed by atoms with Gasteiger partial charge in [-0.25, -0.2) is 9.97 Å². The average molecular weight is 313 g/mol. The first-order valence-corrected chi connectivity index (χ1v) is 8.45. The molecule has 2 aromatic rings. The van der Waals surface area contributed by atoms with Gasteiger partial charge in [-0.1, -0.05) is 24.6 Å². The minimum Gasteiger partial charge on any atom is -0.353 e. The molecular weight excluding hydrogens is 294 g/mol. The van der Waals surface area contributed by atoms with Crippen molar-refractivity contribution in [2.75, 3.05) is 43.4 Å². The van der Waals surface area contributed by atoms with Crippen LogP contribution in [0, 0.1) is 12.3 Å². The van der Waals surface area contributed by atoms with Crippen LogP contribution in [0.5, 0.6) is 0 Å². The molecule has 1 aliphatic rings. The summed E-state index contributed by atoms with van der Waals surface area (Å²) in [5, 5.41) is 1.79. The molecule has 0 unspecified atom stereocenters. The quantitative estimate of drug-likeness (QED) is 0.488. The maximum atomic E-state index is 5.35. The van der Waals surface area contributed by atoms with E-state index in [1.807, 2.05) is 6.07 Å². The van der Waals surface area contributed by atoms with Crippen molar-refractivity contribution in [1.82, 2.24) is 19.9 Å². The highest BCUT2D eigenvalue weighted by Crippen LogP contribution is 2.27. The molecule has 3 heterocycles. The van der Waals surface area contributed by atoms with Crippen molar-refractivity contribution in [3.8, 4) is 12.3 Å². The van der Waals surface area contributed by atoms with Gasteiger partial charge in [0.25, 0.3) is 0 Å². The molecule has 2 aromatic heterocycles. The van der Waals surface area contributed by atoms with Gasteiger partial charge in [0.2, 0.25) is 0 Å². The van der Waals surface area contributed by atoms with Gasteiger partial charge in [-0.3, -0.25) is 4.98 Å². The third kappa shape index (κ3) is 3.16. The Balaban J connectivity index is 1.94. The van der Waals surface area contributed by atoms with E-state index in [0.717, 1.165) is 54.6 Å². The Kier molecular flexibility index (Phi) is 4.76. The van der Waals surface area contributed by atoms with E-state index >= 15 is 0 Å². The number of nitrogens with zero attached hydrogens (tertiary/aromatic N) is 5. The van der Waals surface area contributed by atoms with Crippen LogP contribution >= 0.6 is 11.8 Å². The molecule has 3 rings (SSSR count). The molecule has 0 aromatic carbocycles. The summed E-state index contributed by atoms with van der Waals surface area (Å²) in [5.74, 6) is 4.20. The van der Waals surface area contributed by atoms with Gasteiger partial charge >= 0.3 is 0 Å². The van der Waals surface area contributed by atoms with Crippen molar-refractivity contribution in [1.29, 1.82) is 0 Å². The smallest absolute Gasteiger partial charge is 0.191 e. The highest BCUT2D eigenvalue weighted by molar-refractivity contribution is 7.99. The summed E-state index contributed by atoms with van der Waals surface area (Å²) in [6.45, 7) is 7.42. The molecule has 0 spiro atoms. The summed E-state index contributed by atoms with van der Waals surface area (Å²) in [6, 6.07) is 1.99. The van der Waals surface area contributed by atoms with E-state index in [9.17, 15) is 0 Å². The van der Waals surface area contributed by atoms with Gasteiger partial charge in [0, 0.05) is 37.8 Å². The van der Waals surface area contributed by atoms with Gasteiger partial charge < -0.3 is 9.80 Å². The van der Waals surface area contributed by atoms with E-state index in [2.05, 4.69) is 32.6 Å². The maximum absolute atomic E-state index is 5.35. The van der Waals surface area contributed by atoms with Crippen LogP contribution in [0.25, 0.3) is 10.9 Å². The number of likely N-dealkylation sites (N-methyl/N-ethyl adjacent to an activating group) is 1. The highest BCUT2D eigenvalue weighted by atomic mass is 32.2. The Bertz CT molecular complexity index is 688. The van der Waals surface area contributed by atoms with Crippen LogP contribution in [-0.4, -0.2) is 58.3 Å². The molecule has 1 fully saturated rings. The predicted molar refractivity (Wildman–Crippen MR) is 91.2 cm³/mol. The van der Waals surface area contributed by atoms with Gasteiger partial charge in [0.05, 0.1) is 17.5 Å². The number of anilines is 1. The minimum atomic E-state index is 0.578. The maximum Gasteiger partial charge on any atom is 0.191 e. The van der Waals surface area contributed by atoms with Gasteiger partial charge in [-0.2, -0.15) is 0 Å². The van der Waals surface area contributed by atoms with Crippen LogP contribution < -0.4 is 4.90 Å². The number of aromatic nitrogens is 3. The SMILES string of the molecule is C#CCSc1nc(N2CCN(CC)CC2)c2ccncc2n1. The van der Waals surface area contributed by atoms with Crippen molar-refractivity contribution in [2.24, 2.45) is 0 Å². The number of terminal acetylenes is 1. The van der Waals surface area contributed by atoms with E-state index in [-0.39, 0.29) is 0 Å². The zero-order chi connectivity index (χ0) is 15.4. The van der Waals surface area contributed by atoms with Crippen molar-refractivity contribution >= 4 is 28.5 Å². The third-order valence-corrected chi connectivity index (χ3v) is 4.61. The molecule has 0 radical (unpaired) electrons. The standard InChI is InChI=1S/C16H19N5S/c1-3-11-22-16-18-14-12-17-6-5-13(14)15(19-16)21-9-7-20(4-2)8-10-21/h1,5-6,12H,4,7-11H2,2H3. The Morgan fingerprint density at radius 1 is 1.27 bits per heavy atom. The van der Waals surface area contributed by atoms with E-state index in [0.29, 0.717) is 5.75 Å². The number of hydrogen-bond acceptors (Lipinski definition) is 6. The van der Waals surface area contributed by atoms with Crippen molar-refractivity contribution in [3.63, 3.8) is 0 Å². The number of thioether (sulfide) groups is 1. The molecular formula is C16H19N5S. The first-order valence-electron chi connectivity index (χ1n) is 7.47. The average Bonchev–Trinajstić information content (AvgIpc) is 2.59. The summed E-state index contributed by atoms with van der Waals surface area (Å²) >= 11 is 1.50. The highest BCUT2D eigenvalue weighted by Gasteiger charge is 2.20. The van der Waals surface area contributed by atoms with Crippen LogP contribution in [0.2, 0.25) is 0 Å². The summed E-state index contributed by atoms with van der Waals surface area (Å²) in [6.07, 6.45) is 8.94. The largest absolute Gasteiger partial charge is 0.353 e. The Morgan fingerprint density at radius 2 is 2.09 bits per heavy atom. The molecule has 0 N–H and O–H groups in total. The van der Waals surface area contributed by atoms with Crippen molar-refractivity contribution < 1.29 is 0 Å². The van der Waals surface area contributed by atoms with E-state index in [1.165, 1.54) is 11.8 Å². The molecule has 1 saturated heterocycles. The molecule has 0 bridgehead atoms. The second-order valence-corrected chi connectivity index (χ2v) is 6.08. The number of rotatable bonds is 4. The fraction of sp³-hybridized carbons (Fsp3) is 0.438. The first-order chi connectivity index (χ1) is 10.8. The minimum absolute atomic E-state index is 0.578. The molecule has 0 saturated carbocycles. The lowest BCUT2D eigenvalue weighted by Crippen LogP contribution is -2.46. The molecule has 0 aliphatic carbocycles. The molecule has 0 atom stereocenters. The Hall–Kier alpha value is -1.84. The first kappa shape index (κ1) is 15.1. The van der Waals surface area contributed by atoms with Gasteiger partial charge in [0.15, 0.2) is 5.16 Å². The topological polar surface area (TPSA) is 45.2 Å². The van der Waals surface area contributed by atoms with Gasteiger partial charge in [-0.15, -0.1) is 6.42 Å². The van der Waals surface area contributed by atoms with Gasteiger partial charge in [0.1, 0.15) is 5.82 Å². The Labute approximate surface area is 135 Å². The van der Waals surface area contributed by atoms with Crippen LogP contribution in [0.4, 0.5) is 5.82 Å². The summed E-state index contributed by atoms with van der Waals surface area (Å²) in [5.41, 5.74) is 0.880. The van der Waals surface area contributed by atoms with E-state index in [4.69, 9.17) is 11.4 Å². The second-order valence-electron chi connectivity index (χ2n) is 5.14. The lowest BCUT2D eigenvalue weighted by atomic mass is 10.2. The zero-order valence-electron chi connectivity index (χ0n) is 12.7. The molecule has 1 aliphatic heterocycles. The summed E-state index contributed by atoms with van der Waals surface area (Å²) in [7, 11) is 0. The predicted octanol–water partition coefficient (Wildman–Crippen LogP) is 1.89.